The number of hydrogen-bond acceptors (Lipinski definition) is 4. The highest BCUT2D eigenvalue weighted by Gasteiger charge is 2.15. The zero-order valence-corrected chi connectivity index (χ0v) is 11.7. The van der Waals surface area contributed by atoms with Crippen LogP contribution in [0.25, 0.3) is 0 Å². The van der Waals surface area contributed by atoms with Crippen molar-refractivity contribution in [2.45, 2.75) is 10.6 Å². The number of halogens is 1. The number of rotatable bonds is 5. The van der Waals surface area contributed by atoms with Crippen LogP contribution in [0.3, 0.4) is 0 Å². The van der Waals surface area contributed by atoms with Gasteiger partial charge in [0.15, 0.2) is 0 Å². The molecule has 0 aliphatic carbocycles. The maximum absolute atomic E-state index is 14.1. The van der Waals surface area contributed by atoms with E-state index in [1.807, 2.05) is 0 Å². The molecule has 0 atom stereocenters. The fourth-order valence-electron chi connectivity index (χ4n) is 1.78. The summed E-state index contributed by atoms with van der Waals surface area (Å²) in [4.78, 5) is 10.9. The molecule has 0 bridgehead atoms. The van der Waals surface area contributed by atoms with Gasteiger partial charge in [-0.25, -0.2) is 4.39 Å². The van der Waals surface area contributed by atoms with E-state index in [0.717, 1.165) is 0 Å². The van der Waals surface area contributed by atoms with E-state index < -0.39 is 10.7 Å². The molecule has 3 N–H and O–H groups in total. The summed E-state index contributed by atoms with van der Waals surface area (Å²) >= 11 is 1.17. The summed E-state index contributed by atoms with van der Waals surface area (Å²) in [5.41, 5.74) is 5.68. The topological polar surface area (TPSA) is 93.0 Å². The van der Waals surface area contributed by atoms with Crippen LogP contribution in [0.2, 0.25) is 0 Å². The van der Waals surface area contributed by atoms with E-state index in [1.54, 1.807) is 30.3 Å². The summed E-state index contributed by atoms with van der Waals surface area (Å²) in [6.07, 6.45) is 0. The smallest absolute Gasteiger partial charge is 0.282 e. The fourth-order valence-corrected chi connectivity index (χ4v) is 2.78. The number of nitrogen functional groups attached to an aromatic ring is 1. The lowest BCUT2D eigenvalue weighted by molar-refractivity contribution is -0.387. The third-order valence-electron chi connectivity index (χ3n) is 2.81. The second-order valence-electron chi connectivity index (χ2n) is 4.21. The van der Waals surface area contributed by atoms with Crippen LogP contribution in [-0.4, -0.2) is 10.8 Å². The average Bonchev–Trinajstić information content (AvgIpc) is 2.46. The van der Waals surface area contributed by atoms with Crippen LogP contribution >= 0.6 is 11.8 Å². The number of nitrogens with two attached hydrogens (primary N) is 1. The van der Waals surface area contributed by atoms with Gasteiger partial charge in [0.1, 0.15) is 11.7 Å². The van der Waals surface area contributed by atoms with Gasteiger partial charge in [-0.1, -0.05) is 24.3 Å². The number of amidine groups is 1. The van der Waals surface area contributed by atoms with Gasteiger partial charge < -0.3 is 5.73 Å². The van der Waals surface area contributed by atoms with Gasteiger partial charge in [-0.3, -0.25) is 15.5 Å². The van der Waals surface area contributed by atoms with Crippen molar-refractivity contribution in [1.29, 1.82) is 5.41 Å². The quantitative estimate of drug-likeness (QED) is 0.291. The zero-order valence-electron chi connectivity index (χ0n) is 10.9. The molecule has 0 fully saturated rings. The van der Waals surface area contributed by atoms with Crippen LogP contribution in [0.1, 0.15) is 11.1 Å². The number of nitro benzene ring substituents is 1. The number of nitro groups is 1. The predicted octanol–water partition coefficient (Wildman–Crippen LogP) is 3.31. The van der Waals surface area contributed by atoms with Gasteiger partial charge in [0.25, 0.3) is 5.69 Å². The standard InChI is InChI=1S/C14H12FN3O2S/c15-13-9(4-3-5-10(13)14(16)17)8-21-12-7-2-1-6-11(12)18(19)20/h1-7H,8H2,(H3,16,17). The van der Waals surface area contributed by atoms with Gasteiger partial charge in [-0.15, -0.1) is 11.8 Å². The summed E-state index contributed by atoms with van der Waals surface area (Å²) < 4.78 is 14.1. The first-order valence-corrected chi connectivity index (χ1v) is 6.97. The second-order valence-corrected chi connectivity index (χ2v) is 5.22. The Bertz CT molecular complexity index is 706. The molecule has 5 nitrogen and oxygen atoms in total. The van der Waals surface area contributed by atoms with E-state index in [0.29, 0.717) is 10.5 Å². The van der Waals surface area contributed by atoms with Crippen LogP contribution in [-0.2, 0) is 5.75 Å². The van der Waals surface area contributed by atoms with Gasteiger partial charge >= 0.3 is 0 Å². The lowest BCUT2D eigenvalue weighted by Gasteiger charge is -2.07. The molecule has 0 saturated carbocycles. The van der Waals surface area contributed by atoms with Gasteiger partial charge in [-0.2, -0.15) is 0 Å². The Hall–Kier alpha value is -2.41. The molecule has 0 aliphatic heterocycles. The molecule has 0 unspecified atom stereocenters. The molecule has 0 spiro atoms. The van der Waals surface area contributed by atoms with Crippen LogP contribution in [0.15, 0.2) is 47.4 Å². The van der Waals surface area contributed by atoms with Crippen molar-refractivity contribution in [1.82, 2.24) is 0 Å². The minimum absolute atomic E-state index is 0.00868. The van der Waals surface area contributed by atoms with Gasteiger partial charge in [-0.05, 0) is 17.7 Å². The number of nitrogens with one attached hydrogen (secondary N) is 1. The Morgan fingerprint density at radius 1 is 1.29 bits per heavy atom. The maximum Gasteiger partial charge on any atom is 0.282 e. The van der Waals surface area contributed by atoms with Gasteiger partial charge in [0.2, 0.25) is 0 Å². The zero-order chi connectivity index (χ0) is 15.4. The summed E-state index contributed by atoms with van der Waals surface area (Å²) in [5, 5.41) is 18.2. The van der Waals surface area contributed by atoms with Crippen molar-refractivity contribution >= 4 is 23.3 Å². The first-order chi connectivity index (χ1) is 10.0. The molecule has 108 valence electrons. The monoisotopic (exact) mass is 305 g/mol. The van der Waals surface area contributed by atoms with Gasteiger partial charge in [0.05, 0.1) is 15.4 Å². The Kier molecular flexibility index (Phi) is 4.54. The maximum atomic E-state index is 14.1. The SMILES string of the molecule is N=C(N)c1cccc(CSc2ccccc2[N+](=O)[O-])c1F. The van der Waals surface area contributed by atoms with Crippen molar-refractivity contribution < 1.29 is 9.31 Å². The number of hydrogen-bond donors (Lipinski definition) is 2. The number of benzene rings is 2. The molecule has 2 aromatic carbocycles. The van der Waals surface area contributed by atoms with Crippen molar-refractivity contribution in [2.75, 3.05) is 0 Å². The first-order valence-electron chi connectivity index (χ1n) is 5.98. The minimum Gasteiger partial charge on any atom is -0.384 e. The Morgan fingerprint density at radius 2 is 2.00 bits per heavy atom. The predicted molar refractivity (Wildman–Crippen MR) is 80.1 cm³/mol. The number of nitrogens with zero attached hydrogens (tertiary/aromatic N) is 1. The molecule has 0 aliphatic rings. The van der Waals surface area contributed by atoms with Crippen LogP contribution in [0.4, 0.5) is 10.1 Å². The highest BCUT2D eigenvalue weighted by molar-refractivity contribution is 7.98. The van der Waals surface area contributed by atoms with Crippen molar-refractivity contribution in [3.8, 4) is 0 Å². The van der Waals surface area contributed by atoms with Crippen molar-refractivity contribution in [3.63, 3.8) is 0 Å². The number of para-hydroxylation sites is 1. The molecule has 7 heteroatoms. The van der Waals surface area contributed by atoms with E-state index in [1.165, 1.54) is 23.9 Å². The van der Waals surface area contributed by atoms with Crippen molar-refractivity contribution in [2.24, 2.45) is 5.73 Å². The summed E-state index contributed by atoms with van der Waals surface area (Å²) in [6.45, 7) is 0. The van der Waals surface area contributed by atoms with E-state index in [9.17, 15) is 14.5 Å². The molecule has 0 heterocycles. The molecule has 0 aromatic heterocycles. The van der Waals surface area contributed by atoms with E-state index in [-0.39, 0.29) is 22.8 Å². The summed E-state index contributed by atoms with van der Waals surface area (Å²) in [6, 6.07) is 10.9. The van der Waals surface area contributed by atoms with Gasteiger partial charge in [0, 0.05) is 11.8 Å². The van der Waals surface area contributed by atoms with E-state index in [4.69, 9.17) is 11.1 Å². The third-order valence-corrected chi connectivity index (χ3v) is 3.93. The largest absolute Gasteiger partial charge is 0.384 e. The normalized spacial score (nSPS) is 10.3. The van der Waals surface area contributed by atoms with Crippen LogP contribution in [0, 0.1) is 21.3 Å². The van der Waals surface area contributed by atoms with Crippen LogP contribution < -0.4 is 5.73 Å². The molecule has 2 rings (SSSR count). The molecule has 0 radical (unpaired) electrons. The Balaban J connectivity index is 2.23. The molecular formula is C14H12FN3O2S. The lowest BCUT2D eigenvalue weighted by atomic mass is 10.1. The summed E-state index contributed by atoms with van der Waals surface area (Å²) in [5.74, 6) is -0.682. The van der Waals surface area contributed by atoms with E-state index in [2.05, 4.69) is 0 Å². The summed E-state index contributed by atoms with van der Waals surface area (Å²) in [7, 11) is 0. The third kappa shape index (κ3) is 3.38. The fraction of sp³-hybridized carbons (Fsp3) is 0.0714. The van der Waals surface area contributed by atoms with Crippen LogP contribution in [0.5, 0.6) is 0 Å². The average molecular weight is 305 g/mol. The number of thioether (sulfide) groups is 1. The highest BCUT2D eigenvalue weighted by Crippen LogP contribution is 2.31. The molecule has 21 heavy (non-hydrogen) atoms. The molecule has 2 aromatic rings. The molecule has 0 saturated heterocycles. The highest BCUT2D eigenvalue weighted by atomic mass is 32.2. The minimum atomic E-state index is -0.559. The molecular weight excluding hydrogens is 293 g/mol. The lowest BCUT2D eigenvalue weighted by Crippen LogP contribution is -2.14. The Labute approximate surface area is 124 Å². The van der Waals surface area contributed by atoms with Crippen molar-refractivity contribution in [3.05, 3.63) is 69.5 Å². The Morgan fingerprint density at radius 3 is 2.67 bits per heavy atom. The second kappa shape index (κ2) is 6.36. The molecule has 0 amide bonds. The first kappa shape index (κ1) is 15.0. The van der Waals surface area contributed by atoms with E-state index >= 15 is 0 Å².